The van der Waals surface area contributed by atoms with Crippen LogP contribution in [0.25, 0.3) is 0 Å². The van der Waals surface area contributed by atoms with Crippen molar-refractivity contribution in [2.45, 2.75) is 10.9 Å². The van der Waals surface area contributed by atoms with Crippen LogP contribution in [0.15, 0.2) is 64.6 Å². The summed E-state index contributed by atoms with van der Waals surface area (Å²) in [6, 6.07) is 11.1. The first-order valence-corrected chi connectivity index (χ1v) is 10.4. The van der Waals surface area contributed by atoms with Gasteiger partial charge in [-0.2, -0.15) is 0 Å². The summed E-state index contributed by atoms with van der Waals surface area (Å²) in [6.07, 6.45) is 5.18. The standard InChI is InChI=1S/C21H22N4O3S/c1-23-8-7-22-21(23)29-15-16-4-2-5-17(14-16)19(26)24-9-11-25(12-10-24)20(27)18-6-3-13-28-18/h2-8,13-14H,9-12,15H2,1H3. The maximum absolute atomic E-state index is 12.9. The number of rotatable bonds is 5. The number of thioether (sulfide) groups is 1. The molecule has 2 aromatic heterocycles. The smallest absolute Gasteiger partial charge is 0.289 e. The Labute approximate surface area is 173 Å². The van der Waals surface area contributed by atoms with Gasteiger partial charge in [-0.3, -0.25) is 9.59 Å². The molecule has 1 aliphatic heterocycles. The molecule has 0 radical (unpaired) electrons. The third-order valence-electron chi connectivity index (χ3n) is 4.90. The molecular weight excluding hydrogens is 388 g/mol. The molecule has 3 aromatic rings. The van der Waals surface area contributed by atoms with E-state index in [1.165, 1.54) is 6.26 Å². The molecule has 1 aliphatic rings. The minimum Gasteiger partial charge on any atom is -0.459 e. The van der Waals surface area contributed by atoms with Gasteiger partial charge in [-0.1, -0.05) is 23.9 Å². The number of aryl methyl sites for hydroxylation is 1. The summed E-state index contributed by atoms with van der Waals surface area (Å²) in [7, 11) is 1.96. The van der Waals surface area contributed by atoms with Gasteiger partial charge < -0.3 is 18.8 Å². The minimum absolute atomic E-state index is 0.000982. The molecule has 4 rings (SSSR count). The third-order valence-corrected chi connectivity index (χ3v) is 6.03. The zero-order valence-corrected chi connectivity index (χ0v) is 17.0. The van der Waals surface area contributed by atoms with E-state index in [2.05, 4.69) is 4.98 Å². The Morgan fingerprint density at radius 3 is 2.48 bits per heavy atom. The second-order valence-electron chi connectivity index (χ2n) is 6.87. The topological polar surface area (TPSA) is 71.6 Å². The number of piperazine rings is 1. The van der Waals surface area contributed by atoms with E-state index in [0.717, 1.165) is 16.5 Å². The van der Waals surface area contributed by atoms with Crippen LogP contribution in [-0.2, 0) is 12.8 Å². The lowest BCUT2D eigenvalue weighted by Gasteiger charge is -2.34. The highest BCUT2D eigenvalue weighted by Gasteiger charge is 2.26. The predicted octanol–water partition coefficient (Wildman–Crippen LogP) is 2.90. The minimum atomic E-state index is -0.129. The van der Waals surface area contributed by atoms with Crippen LogP contribution in [0.2, 0.25) is 0 Å². The number of carbonyl (C=O) groups is 2. The van der Waals surface area contributed by atoms with Crippen LogP contribution in [0.5, 0.6) is 0 Å². The number of imidazole rings is 1. The fraction of sp³-hybridized carbons (Fsp3) is 0.286. The lowest BCUT2D eigenvalue weighted by molar-refractivity contribution is 0.0518. The van der Waals surface area contributed by atoms with Crippen molar-refractivity contribution >= 4 is 23.6 Å². The normalized spacial score (nSPS) is 14.2. The van der Waals surface area contributed by atoms with Crippen molar-refractivity contribution in [3.05, 3.63) is 71.9 Å². The summed E-state index contributed by atoms with van der Waals surface area (Å²) >= 11 is 1.64. The molecule has 2 amide bonds. The van der Waals surface area contributed by atoms with Crippen molar-refractivity contribution in [3.8, 4) is 0 Å². The molecule has 0 aliphatic carbocycles. The first kappa shape index (κ1) is 19.3. The van der Waals surface area contributed by atoms with Gasteiger partial charge in [0.1, 0.15) is 0 Å². The van der Waals surface area contributed by atoms with E-state index in [1.54, 1.807) is 39.9 Å². The van der Waals surface area contributed by atoms with E-state index in [4.69, 9.17) is 4.42 Å². The van der Waals surface area contributed by atoms with Gasteiger partial charge in [0.2, 0.25) is 0 Å². The summed E-state index contributed by atoms with van der Waals surface area (Å²) in [5, 5.41) is 0.944. The molecule has 7 nitrogen and oxygen atoms in total. The summed E-state index contributed by atoms with van der Waals surface area (Å²) in [6.45, 7) is 2.02. The van der Waals surface area contributed by atoms with Crippen molar-refractivity contribution in [1.82, 2.24) is 19.4 Å². The van der Waals surface area contributed by atoms with Crippen LogP contribution >= 0.6 is 11.8 Å². The summed E-state index contributed by atoms with van der Waals surface area (Å²) < 4.78 is 7.16. The van der Waals surface area contributed by atoms with Gasteiger partial charge in [-0.15, -0.1) is 0 Å². The summed E-state index contributed by atoms with van der Waals surface area (Å²) in [5.74, 6) is 0.953. The highest BCUT2D eigenvalue weighted by atomic mass is 32.2. The van der Waals surface area contributed by atoms with Crippen LogP contribution in [-0.4, -0.2) is 57.3 Å². The average molecular weight is 410 g/mol. The molecule has 1 saturated heterocycles. The monoisotopic (exact) mass is 410 g/mol. The van der Waals surface area contributed by atoms with Gasteiger partial charge in [-0.05, 0) is 29.8 Å². The molecule has 0 unspecified atom stereocenters. The Kier molecular flexibility index (Phi) is 5.71. The molecule has 3 heterocycles. The van der Waals surface area contributed by atoms with E-state index in [0.29, 0.717) is 37.5 Å². The fourth-order valence-corrected chi connectivity index (χ4v) is 4.16. The molecule has 1 aromatic carbocycles. The van der Waals surface area contributed by atoms with E-state index >= 15 is 0 Å². The Morgan fingerprint density at radius 1 is 1.07 bits per heavy atom. The second-order valence-corrected chi connectivity index (χ2v) is 7.81. The quantitative estimate of drug-likeness (QED) is 0.605. The lowest BCUT2D eigenvalue weighted by atomic mass is 10.1. The van der Waals surface area contributed by atoms with E-state index in [1.807, 2.05) is 42.1 Å². The van der Waals surface area contributed by atoms with Crippen LogP contribution in [0.1, 0.15) is 26.5 Å². The number of aromatic nitrogens is 2. The van der Waals surface area contributed by atoms with Crippen LogP contribution < -0.4 is 0 Å². The van der Waals surface area contributed by atoms with Gasteiger partial charge in [0.05, 0.1) is 6.26 Å². The van der Waals surface area contributed by atoms with Gasteiger partial charge in [0, 0.05) is 56.9 Å². The number of furan rings is 1. The van der Waals surface area contributed by atoms with Crippen LogP contribution in [0, 0.1) is 0 Å². The largest absolute Gasteiger partial charge is 0.459 e. The highest BCUT2D eigenvalue weighted by molar-refractivity contribution is 7.98. The second kappa shape index (κ2) is 8.57. The Morgan fingerprint density at radius 2 is 1.83 bits per heavy atom. The SMILES string of the molecule is Cn1ccnc1SCc1cccc(C(=O)N2CCN(C(=O)c3ccco3)CC2)c1. The molecule has 0 spiro atoms. The number of benzene rings is 1. The van der Waals surface area contributed by atoms with Crippen molar-refractivity contribution in [2.75, 3.05) is 26.2 Å². The average Bonchev–Trinajstić information content (AvgIpc) is 3.43. The van der Waals surface area contributed by atoms with Crippen molar-refractivity contribution < 1.29 is 14.0 Å². The van der Waals surface area contributed by atoms with Gasteiger partial charge in [0.15, 0.2) is 10.9 Å². The van der Waals surface area contributed by atoms with Gasteiger partial charge >= 0.3 is 0 Å². The van der Waals surface area contributed by atoms with Crippen molar-refractivity contribution in [3.63, 3.8) is 0 Å². The maximum Gasteiger partial charge on any atom is 0.289 e. The maximum atomic E-state index is 12.9. The molecule has 8 heteroatoms. The number of carbonyl (C=O) groups excluding carboxylic acids is 2. The number of hydrogen-bond acceptors (Lipinski definition) is 5. The number of hydrogen-bond donors (Lipinski definition) is 0. The number of amides is 2. The van der Waals surface area contributed by atoms with Gasteiger partial charge in [0.25, 0.3) is 11.8 Å². The molecule has 29 heavy (non-hydrogen) atoms. The zero-order valence-electron chi connectivity index (χ0n) is 16.2. The molecule has 0 saturated carbocycles. The third kappa shape index (κ3) is 4.37. The fourth-order valence-electron chi connectivity index (χ4n) is 3.28. The van der Waals surface area contributed by atoms with Gasteiger partial charge in [-0.25, -0.2) is 4.98 Å². The van der Waals surface area contributed by atoms with E-state index in [9.17, 15) is 9.59 Å². The first-order valence-electron chi connectivity index (χ1n) is 9.43. The highest BCUT2D eigenvalue weighted by Crippen LogP contribution is 2.21. The lowest BCUT2D eigenvalue weighted by Crippen LogP contribution is -2.50. The molecule has 0 bridgehead atoms. The Balaban J connectivity index is 1.35. The van der Waals surface area contributed by atoms with Crippen LogP contribution in [0.3, 0.4) is 0 Å². The zero-order chi connectivity index (χ0) is 20.2. The van der Waals surface area contributed by atoms with Crippen molar-refractivity contribution in [1.29, 1.82) is 0 Å². The van der Waals surface area contributed by atoms with E-state index in [-0.39, 0.29) is 11.8 Å². The summed E-state index contributed by atoms with van der Waals surface area (Å²) in [5.41, 5.74) is 1.75. The molecule has 1 fully saturated rings. The number of nitrogens with zero attached hydrogens (tertiary/aromatic N) is 4. The Bertz CT molecular complexity index is 991. The summed E-state index contributed by atoms with van der Waals surface area (Å²) in [4.78, 5) is 33.1. The Hall–Kier alpha value is -3.00. The molecular formula is C21H22N4O3S. The molecule has 0 N–H and O–H groups in total. The van der Waals surface area contributed by atoms with E-state index < -0.39 is 0 Å². The van der Waals surface area contributed by atoms with Crippen molar-refractivity contribution in [2.24, 2.45) is 7.05 Å². The van der Waals surface area contributed by atoms with Crippen LogP contribution in [0.4, 0.5) is 0 Å². The first-order chi connectivity index (χ1) is 14.1. The molecule has 150 valence electrons. The predicted molar refractivity (Wildman–Crippen MR) is 110 cm³/mol. The molecule has 0 atom stereocenters.